The Morgan fingerprint density at radius 2 is 1.71 bits per heavy atom. The van der Waals surface area contributed by atoms with E-state index in [1.807, 2.05) is 0 Å². The third-order valence-electron chi connectivity index (χ3n) is 3.87. The van der Waals surface area contributed by atoms with Gasteiger partial charge in [-0.25, -0.2) is 4.39 Å². The number of fused-ring (bicyclic) bond motifs is 1. The minimum atomic E-state index is -0.224. The van der Waals surface area contributed by atoms with Gasteiger partial charge in [-0.15, -0.1) is 0 Å². The zero-order valence-corrected chi connectivity index (χ0v) is 11.8. The molecule has 1 heterocycles. The van der Waals surface area contributed by atoms with Crippen molar-refractivity contribution >= 4 is 27.3 Å². The number of hydrogen-bond donors (Lipinski definition) is 2. The highest BCUT2D eigenvalue weighted by Crippen LogP contribution is 2.36. The van der Waals surface area contributed by atoms with Gasteiger partial charge in [0.05, 0.1) is 15.8 Å². The van der Waals surface area contributed by atoms with Gasteiger partial charge in [0.2, 0.25) is 0 Å². The lowest BCUT2D eigenvalue weighted by molar-refractivity contribution is 0.307. The second kappa shape index (κ2) is 4.84. The summed E-state index contributed by atoms with van der Waals surface area (Å²) >= 11 is 3.22. The molecule has 17 heavy (non-hydrogen) atoms. The Hall–Kier alpha value is -0.770. The Balaban J connectivity index is 2.30. The van der Waals surface area contributed by atoms with Crippen molar-refractivity contribution < 1.29 is 4.39 Å². The molecule has 1 aliphatic heterocycles. The summed E-state index contributed by atoms with van der Waals surface area (Å²) in [5, 5.41) is 6.79. The van der Waals surface area contributed by atoms with E-state index in [0.29, 0.717) is 4.47 Å². The second-order valence-corrected chi connectivity index (χ2v) is 5.58. The molecular formula is C13H18BrFN2. The lowest BCUT2D eigenvalue weighted by atomic mass is 9.82. The third-order valence-corrected chi connectivity index (χ3v) is 4.48. The number of halogens is 2. The van der Waals surface area contributed by atoms with Crippen molar-refractivity contribution in [2.45, 2.75) is 26.7 Å². The predicted molar refractivity (Wildman–Crippen MR) is 74.1 cm³/mol. The van der Waals surface area contributed by atoms with E-state index in [1.54, 1.807) is 12.1 Å². The number of anilines is 2. The van der Waals surface area contributed by atoms with Crippen LogP contribution in [0.25, 0.3) is 0 Å². The van der Waals surface area contributed by atoms with E-state index in [-0.39, 0.29) is 11.2 Å². The minimum Gasteiger partial charge on any atom is -0.383 e. The van der Waals surface area contributed by atoms with Crippen LogP contribution in [-0.4, -0.2) is 13.1 Å². The molecule has 2 N–H and O–H groups in total. The molecule has 0 saturated heterocycles. The van der Waals surface area contributed by atoms with Gasteiger partial charge in [0.1, 0.15) is 5.82 Å². The maximum atomic E-state index is 13.5. The summed E-state index contributed by atoms with van der Waals surface area (Å²) in [7, 11) is 0. The molecule has 0 saturated carbocycles. The van der Waals surface area contributed by atoms with Crippen molar-refractivity contribution in [3.8, 4) is 0 Å². The van der Waals surface area contributed by atoms with Crippen LogP contribution >= 0.6 is 15.9 Å². The summed E-state index contributed by atoms with van der Waals surface area (Å²) < 4.78 is 14.0. The number of hydrogen-bond acceptors (Lipinski definition) is 2. The van der Waals surface area contributed by atoms with Crippen LogP contribution in [0.4, 0.5) is 15.8 Å². The van der Waals surface area contributed by atoms with Gasteiger partial charge >= 0.3 is 0 Å². The molecule has 4 heteroatoms. The molecule has 0 aliphatic carbocycles. The largest absolute Gasteiger partial charge is 0.383 e. The highest BCUT2D eigenvalue weighted by atomic mass is 79.9. The van der Waals surface area contributed by atoms with E-state index in [2.05, 4.69) is 40.4 Å². The highest BCUT2D eigenvalue weighted by Gasteiger charge is 2.28. The first-order valence-corrected chi connectivity index (χ1v) is 6.86. The van der Waals surface area contributed by atoms with Crippen LogP contribution in [0.15, 0.2) is 16.6 Å². The van der Waals surface area contributed by atoms with E-state index in [4.69, 9.17) is 0 Å². The van der Waals surface area contributed by atoms with Crippen LogP contribution in [0.1, 0.15) is 26.7 Å². The van der Waals surface area contributed by atoms with E-state index in [1.165, 1.54) is 0 Å². The van der Waals surface area contributed by atoms with Crippen LogP contribution in [0.2, 0.25) is 0 Å². The summed E-state index contributed by atoms with van der Waals surface area (Å²) in [6, 6.07) is 3.35. The van der Waals surface area contributed by atoms with E-state index >= 15 is 0 Å². The highest BCUT2D eigenvalue weighted by molar-refractivity contribution is 9.10. The second-order valence-electron chi connectivity index (χ2n) is 4.73. The summed E-state index contributed by atoms with van der Waals surface area (Å²) in [5.41, 5.74) is 2.08. The van der Waals surface area contributed by atoms with Crippen LogP contribution in [0.5, 0.6) is 0 Å². The fourth-order valence-corrected chi connectivity index (χ4v) is 2.56. The number of rotatable bonds is 2. The summed E-state index contributed by atoms with van der Waals surface area (Å²) in [5.74, 6) is -0.224. The molecule has 1 aromatic carbocycles. The minimum absolute atomic E-state index is 0.224. The van der Waals surface area contributed by atoms with Crippen LogP contribution in [-0.2, 0) is 0 Å². The lowest BCUT2D eigenvalue weighted by Crippen LogP contribution is -2.33. The monoisotopic (exact) mass is 300 g/mol. The average molecular weight is 301 g/mol. The Morgan fingerprint density at radius 1 is 1.18 bits per heavy atom. The molecule has 2 nitrogen and oxygen atoms in total. The summed E-state index contributed by atoms with van der Waals surface area (Å²) in [4.78, 5) is 0. The zero-order chi connectivity index (χ0) is 12.5. The van der Waals surface area contributed by atoms with Crippen molar-refractivity contribution in [1.82, 2.24) is 0 Å². The van der Waals surface area contributed by atoms with Crippen molar-refractivity contribution in [1.29, 1.82) is 0 Å². The Kier molecular flexibility index (Phi) is 3.61. The third kappa shape index (κ3) is 2.41. The lowest BCUT2D eigenvalue weighted by Gasteiger charge is -2.30. The molecule has 0 aromatic heterocycles. The molecule has 0 spiro atoms. The topological polar surface area (TPSA) is 24.1 Å². The van der Waals surface area contributed by atoms with Crippen molar-refractivity contribution in [2.75, 3.05) is 23.7 Å². The van der Waals surface area contributed by atoms with Crippen LogP contribution < -0.4 is 10.6 Å². The molecule has 0 bridgehead atoms. The van der Waals surface area contributed by atoms with E-state index < -0.39 is 0 Å². The standard InChI is InChI=1S/C13H18BrFN2/c1-3-13(4-2)7-16-11-5-9(14)10(15)6-12(11)17-8-13/h5-6,16-17H,3-4,7-8H2,1-2H3. The van der Waals surface area contributed by atoms with Gasteiger partial charge in [-0.05, 0) is 34.8 Å². The summed E-state index contributed by atoms with van der Waals surface area (Å²) in [6.45, 7) is 6.23. The van der Waals surface area contributed by atoms with Gasteiger partial charge in [-0.3, -0.25) is 0 Å². The first-order chi connectivity index (χ1) is 8.10. The molecule has 94 valence electrons. The molecule has 1 aromatic rings. The van der Waals surface area contributed by atoms with E-state index in [0.717, 1.165) is 37.3 Å². The summed E-state index contributed by atoms with van der Waals surface area (Å²) in [6.07, 6.45) is 2.22. The van der Waals surface area contributed by atoms with Gasteiger partial charge in [0.25, 0.3) is 0 Å². The predicted octanol–water partition coefficient (Wildman–Crippen LogP) is 4.23. The molecule has 0 amide bonds. The maximum Gasteiger partial charge on any atom is 0.139 e. The molecule has 2 rings (SSSR count). The Morgan fingerprint density at radius 3 is 2.24 bits per heavy atom. The van der Waals surface area contributed by atoms with Gasteiger partial charge in [-0.1, -0.05) is 13.8 Å². The van der Waals surface area contributed by atoms with Crippen LogP contribution in [0, 0.1) is 11.2 Å². The average Bonchev–Trinajstić information content (AvgIpc) is 2.51. The fraction of sp³-hybridized carbons (Fsp3) is 0.538. The fourth-order valence-electron chi connectivity index (χ4n) is 2.22. The molecule has 0 radical (unpaired) electrons. The van der Waals surface area contributed by atoms with Gasteiger partial charge < -0.3 is 10.6 Å². The Labute approximate surface area is 110 Å². The van der Waals surface area contributed by atoms with Crippen molar-refractivity contribution in [3.05, 3.63) is 22.4 Å². The number of benzene rings is 1. The first-order valence-electron chi connectivity index (χ1n) is 6.07. The van der Waals surface area contributed by atoms with E-state index in [9.17, 15) is 4.39 Å². The molecule has 0 unspecified atom stereocenters. The molecule has 0 atom stereocenters. The van der Waals surface area contributed by atoms with Gasteiger partial charge in [0.15, 0.2) is 0 Å². The Bertz CT molecular complexity index is 381. The quantitative estimate of drug-likeness (QED) is 0.854. The van der Waals surface area contributed by atoms with Crippen molar-refractivity contribution in [2.24, 2.45) is 5.41 Å². The smallest absolute Gasteiger partial charge is 0.139 e. The van der Waals surface area contributed by atoms with Crippen LogP contribution in [0.3, 0.4) is 0 Å². The van der Waals surface area contributed by atoms with Crippen molar-refractivity contribution in [3.63, 3.8) is 0 Å². The normalized spacial score (nSPS) is 17.6. The van der Waals surface area contributed by atoms with Gasteiger partial charge in [0, 0.05) is 24.6 Å². The zero-order valence-electron chi connectivity index (χ0n) is 10.2. The molecular weight excluding hydrogens is 283 g/mol. The van der Waals surface area contributed by atoms with Gasteiger partial charge in [-0.2, -0.15) is 0 Å². The molecule has 1 aliphatic rings. The SMILES string of the molecule is CCC1(CC)CNc2cc(F)c(Br)cc2NC1. The maximum absolute atomic E-state index is 13.5. The molecule has 0 fully saturated rings. The first kappa shape index (κ1) is 12.7. The number of nitrogens with one attached hydrogen (secondary N) is 2.